The van der Waals surface area contributed by atoms with Crippen molar-refractivity contribution in [1.82, 2.24) is 0 Å². The maximum atomic E-state index is 9.84. The van der Waals surface area contributed by atoms with Gasteiger partial charge in [0.05, 0.1) is 24.4 Å². The van der Waals surface area contributed by atoms with Gasteiger partial charge in [-0.15, -0.1) is 0 Å². The van der Waals surface area contributed by atoms with E-state index in [-0.39, 0.29) is 24.7 Å². The first-order valence-electron chi connectivity index (χ1n) is 7.08. The summed E-state index contributed by atoms with van der Waals surface area (Å²) < 4.78 is 5.87. The van der Waals surface area contributed by atoms with Crippen molar-refractivity contribution in [1.29, 1.82) is 5.26 Å². The van der Waals surface area contributed by atoms with Crippen molar-refractivity contribution < 1.29 is 14.9 Å². The Labute approximate surface area is 115 Å². The number of nitrogens with zero attached hydrogens (tertiary/aromatic N) is 1. The van der Waals surface area contributed by atoms with Crippen molar-refractivity contribution in [2.75, 3.05) is 6.61 Å². The minimum absolute atomic E-state index is 0.0238. The SMILES string of the molecule is C=C1C[C@H](CCCO)O[C@H]1CCC(O)CC(C)C#N. The number of hydrogen-bond acceptors (Lipinski definition) is 4. The van der Waals surface area contributed by atoms with Crippen molar-refractivity contribution in [2.45, 2.75) is 63.8 Å². The van der Waals surface area contributed by atoms with Crippen molar-refractivity contribution in [3.05, 3.63) is 12.2 Å². The smallest absolute Gasteiger partial charge is 0.0788 e. The molecule has 0 aromatic heterocycles. The third kappa shape index (κ3) is 5.73. The van der Waals surface area contributed by atoms with Gasteiger partial charge in [-0.1, -0.05) is 6.58 Å². The maximum absolute atomic E-state index is 9.84. The number of nitriles is 1. The summed E-state index contributed by atoms with van der Waals surface area (Å²) in [6.07, 6.45) is 4.14. The highest BCUT2D eigenvalue weighted by atomic mass is 16.5. The Bertz CT molecular complexity index is 324. The molecule has 0 aromatic rings. The van der Waals surface area contributed by atoms with Gasteiger partial charge in [-0.3, -0.25) is 0 Å². The average molecular weight is 267 g/mol. The molecule has 1 aliphatic rings. The molecule has 0 amide bonds. The summed E-state index contributed by atoms with van der Waals surface area (Å²) in [5, 5.41) is 27.3. The molecule has 1 rings (SSSR count). The standard InChI is InChI=1S/C15H25NO3/c1-11(10-16)8-13(18)5-6-15-12(2)9-14(19-15)4-3-7-17/h11,13-15,17-18H,2-9H2,1H3/t11?,13?,14-,15-/m0/s1. The molecule has 108 valence electrons. The van der Waals surface area contributed by atoms with Crippen molar-refractivity contribution >= 4 is 0 Å². The van der Waals surface area contributed by atoms with E-state index < -0.39 is 6.10 Å². The molecule has 2 unspecified atom stereocenters. The molecule has 4 nitrogen and oxygen atoms in total. The summed E-state index contributed by atoms with van der Waals surface area (Å²) in [6, 6.07) is 2.13. The van der Waals surface area contributed by atoms with Gasteiger partial charge in [0.1, 0.15) is 0 Å². The van der Waals surface area contributed by atoms with Gasteiger partial charge >= 0.3 is 0 Å². The fourth-order valence-corrected chi connectivity index (χ4v) is 2.48. The molecular weight excluding hydrogens is 242 g/mol. The van der Waals surface area contributed by atoms with E-state index in [2.05, 4.69) is 12.6 Å². The molecule has 4 atom stereocenters. The van der Waals surface area contributed by atoms with E-state index in [1.165, 1.54) is 0 Å². The van der Waals surface area contributed by atoms with Gasteiger partial charge in [-0.2, -0.15) is 5.26 Å². The fraction of sp³-hybridized carbons (Fsp3) is 0.800. The van der Waals surface area contributed by atoms with Gasteiger partial charge in [-0.25, -0.2) is 0 Å². The Kier molecular flexibility index (Phi) is 7.07. The van der Waals surface area contributed by atoms with E-state index in [1.54, 1.807) is 0 Å². The second-order valence-corrected chi connectivity index (χ2v) is 5.47. The van der Waals surface area contributed by atoms with E-state index in [4.69, 9.17) is 15.1 Å². The zero-order valence-electron chi connectivity index (χ0n) is 11.7. The molecule has 0 radical (unpaired) electrons. The highest BCUT2D eigenvalue weighted by molar-refractivity contribution is 5.09. The van der Waals surface area contributed by atoms with Crippen LogP contribution in [0.1, 0.15) is 45.4 Å². The van der Waals surface area contributed by atoms with E-state index in [9.17, 15) is 5.11 Å². The molecule has 0 aromatic carbocycles. The van der Waals surface area contributed by atoms with Crippen LogP contribution in [0.25, 0.3) is 0 Å². The molecule has 0 bridgehead atoms. The molecule has 1 heterocycles. The first-order valence-corrected chi connectivity index (χ1v) is 7.08. The summed E-state index contributed by atoms with van der Waals surface area (Å²) in [5.41, 5.74) is 1.09. The Morgan fingerprint density at radius 1 is 1.53 bits per heavy atom. The quantitative estimate of drug-likeness (QED) is 0.661. The lowest BCUT2D eigenvalue weighted by molar-refractivity contribution is 0.0293. The molecular formula is C15H25NO3. The first kappa shape index (κ1) is 16.2. The zero-order valence-corrected chi connectivity index (χ0v) is 11.7. The van der Waals surface area contributed by atoms with Crippen LogP contribution in [0.5, 0.6) is 0 Å². The van der Waals surface area contributed by atoms with Crippen molar-refractivity contribution in [2.24, 2.45) is 5.92 Å². The van der Waals surface area contributed by atoms with E-state index in [1.807, 2.05) is 6.92 Å². The molecule has 19 heavy (non-hydrogen) atoms. The van der Waals surface area contributed by atoms with Crippen LogP contribution in [0.3, 0.4) is 0 Å². The fourth-order valence-electron chi connectivity index (χ4n) is 2.48. The van der Waals surface area contributed by atoms with Gasteiger partial charge in [0.25, 0.3) is 0 Å². The lowest BCUT2D eigenvalue weighted by atomic mass is 9.98. The minimum atomic E-state index is -0.442. The summed E-state index contributed by atoms with van der Waals surface area (Å²) in [5.74, 6) is -0.111. The molecule has 0 spiro atoms. The largest absolute Gasteiger partial charge is 0.396 e. The Morgan fingerprint density at radius 3 is 2.89 bits per heavy atom. The van der Waals surface area contributed by atoms with Gasteiger partial charge in [0.15, 0.2) is 0 Å². The van der Waals surface area contributed by atoms with Crippen LogP contribution in [-0.2, 0) is 4.74 Å². The zero-order chi connectivity index (χ0) is 14.3. The highest BCUT2D eigenvalue weighted by Crippen LogP contribution is 2.30. The number of rotatable bonds is 8. The Balaban J connectivity index is 2.26. The van der Waals surface area contributed by atoms with E-state index in [0.717, 1.165) is 31.3 Å². The predicted molar refractivity (Wildman–Crippen MR) is 73.4 cm³/mol. The molecule has 1 fully saturated rings. The summed E-state index contributed by atoms with van der Waals surface area (Å²) in [4.78, 5) is 0. The van der Waals surface area contributed by atoms with Gasteiger partial charge < -0.3 is 14.9 Å². The summed E-state index contributed by atoms with van der Waals surface area (Å²) >= 11 is 0. The monoisotopic (exact) mass is 267 g/mol. The maximum Gasteiger partial charge on any atom is 0.0788 e. The van der Waals surface area contributed by atoms with Gasteiger partial charge in [0, 0.05) is 12.5 Å². The van der Waals surface area contributed by atoms with Crippen LogP contribution >= 0.6 is 0 Å². The van der Waals surface area contributed by atoms with Crippen LogP contribution < -0.4 is 0 Å². The molecule has 2 N–H and O–H groups in total. The van der Waals surface area contributed by atoms with Crippen molar-refractivity contribution in [3.63, 3.8) is 0 Å². The lowest BCUT2D eigenvalue weighted by Gasteiger charge is -2.16. The van der Waals surface area contributed by atoms with Gasteiger partial charge in [-0.05, 0) is 51.0 Å². The lowest BCUT2D eigenvalue weighted by Crippen LogP contribution is -2.17. The minimum Gasteiger partial charge on any atom is -0.396 e. The molecule has 4 heteroatoms. The first-order chi connectivity index (χ1) is 9.06. The normalized spacial score (nSPS) is 26.1. The molecule has 1 aliphatic heterocycles. The highest BCUT2D eigenvalue weighted by Gasteiger charge is 2.28. The number of hydrogen-bond donors (Lipinski definition) is 2. The topological polar surface area (TPSA) is 73.5 Å². The second-order valence-electron chi connectivity index (χ2n) is 5.47. The van der Waals surface area contributed by atoms with Crippen LogP contribution in [-0.4, -0.2) is 35.1 Å². The number of aliphatic hydroxyl groups is 2. The van der Waals surface area contributed by atoms with Crippen LogP contribution in [0.4, 0.5) is 0 Å². The van der Waals surface area contributed by atoms with E-state index in [0.29, 0.717) is 12.8 Å². The van der Waals surface area contributed by atoms with Crippen LogP contribution in [0.15, 0.2) is 12.2 Å². The Morgan fingerprint density at radius 2 is 2.26 bits per heavy atom. The van der Waals surface area contributed by atoms with Crippen molar-refractivity contribution in [3.8, 4) is 6.07 Å². The third-order valence-electron chi connectivity index (χ3n) is 3.59. The van der Waals surface area contributed by atoms with Crippen LogP contribution in [0, 0.1) is 17.2 Å². The second kappa shape index (κ2) is 8.31. The number of ether oxygens (including phenoxy) is 1. The molecule has 0 aliphatic carbocycles. The molecule has 1 saturated heterocycles. The van der Waals surface area contributed by atoms with Gasteiger partial charge in [0.2, 0.25) is 0 Å². The summed E-state index contributed by atoms with van der Waals surface area (Å²) in [7, 11) is 0. The van der Waals surface area contributed by atoms with Crippen LogP contribution in [0.2, 0.25) is 0 Å². The third-order valence-corrected chi connectivity index (χ3v) is 3.59. The average Bonchev–Trinajstić information content (AvgIpc) is 2.74. The predicted octanol–water partition coefficient (Wildman–Crippen LogP) is 2.16. The Hall–Kier alpha value is -0.890. The molecule has 0 saturated carbocycles. The van der Waals surface area contributed by atoms with E-state index >= 15 is 0 Å². The number of aliphatic hydroxyl groups excluding tert-OH is 2. The summed E-state index contributed by atoms with van der Waals surface area (Å²) in [6.45, 7) is 6.04.